The maximum absolute atomic E-state index is 11.5. The number of hydrogen-bond donors (Lipinski definition) is 1. The number of urea groups is 1. The van der Waals surface area contributed by atoms with Crippen molar-refractivity contribution in [2.75, 3.05) is 21.3 Å². The molecule has 0 saturated heterocycles. The Kier molecular flexibility index (Phi) is 3.27. The Morgan fingerprint density at radius 3 is 2.50 bits per heavy atom. The highest BCUT2D eigenvalue weighted by atomic mass is 16.7. The minimum absolute atomic E-state index is 0.297. The Balaban J connectivity index is 2.96. The normalized spacial score (nSPS) is 18.4. The molecule has 0 unspecified atom stereocenters. The lowest BCUT2D eigenvalue weighted by molar-refractivity contribution is -0.232. The molecule has 1 heterocycles. The number of carbonyl (C=O) groups is 1. The summed E-state index contributed by atoms with van der Waals surface area (Å²) in [5.41, 5.74) is 0. The van der Waals surface area contributed by atoms with Crippen LogP contribution in [0.4, 0.5) is 4.79 Å². The molecule has 5 nitrogen and oxygen atoms in total. The van der Waals surface area contributed by atoms with E-state index in [4.69, 9.17) is 9.47 Å². The van der Waals surface area contributed by atoms with Gasteiger partial charge in [-0.2, -0.15) is 0 Å². The second-order valence-electron chi connectivity index (χ2n) is 2.66. The Bertz CT molecular complexity index is 269. The summed E-state index contributed by atoms with van der Waals surface area (Å²) >= 11 is 0. The van der Waals surface area contributed by atoms with E-state index in [1.54, 1.807) is 31.5 Å². The van der Waals surface area contributed by atoms with Crippen molar-refractivity contribution in [3.63, 3.8) is 0 Å². The van der Waals surface area contributed by atoms with Gasteiger partial charge in [-0.1, -0.05) is 6.08 Å². The smallest absolute Gasteiger partial charge is 0.325 e. The number of allylic oxidation sites excluding steroid dienone is 2. The van der Waals surface area contributed by atoms with Crippen molar-refractivity contribution in [2.24, 2.45) is 0 Å². The molecule has 1 N–H and O–H groups in total. The van der Waals surface area contributed by atoms with Gasteiger partial charge in [0.25, 0.3) is 5.91 Å². The van der Waals surface area contributed by atoms with E-state index in [-0.39, 0.29) is 6.03 Å². The third-order valence-electron chi connectivity index (χ3n) is 2.01. The molecule has 0 saturated carbocycles. The van der Waals surface area contributed by atoms with Gasteiger partial charge >= 0.3 is 6.03 Å². The molecule has 0 aliphatic carbocycles. The average Bonchev–Trinajstić information content (AvgIpc) is 2.27. The van der Waals surface area contributed by atoms with Crippen LogP contribution in [0.25, 0.3) is 0 Å². The van der Waals surface area contributed by atoms with E-state index in [1.807, 2.05) is 0 Å². The summed E-state index contributed by atoms with van der Waals surface area (Å²) in [6.45, 7) is 0. The van der Waals surface area contributed by atoms with Crippen LogP contribution in [0.5, 0.6) is 0 Å². The van der Waals surface area contributed by atoms with Crippen molar-refractivity contribution in [2.45, 2.75) is 5.91 Å². The molecule has 1 aliphatic rings. The molecule has 1 rings (SSSR count). The first kappa shape index (κ1) is 10.7. The number of hydrogen-bond acceptors (Lipinski definition) is 3. The lowest BCUT2D eigenvalue weighted by Gasteiger charge is -2.37. The van der Waals surface area contributed by atoms with Crippen LogP contribution < -0.4 is 5.32 Å². The monoisotopic (exact) mass is 198 g/mol. The SMILES string of the molecule is CNC(=O)N1C=CC=CC1(OC)OC. The van der Waals surface area contributed by atoms with Gasteiger partial charge in [-0.25, -0.2) is 9.69 Å². The van der Waals surface area contributed by atoms with E-state index in [2.05, 4.69) is 5.32 Å². The number of rotatable bonds is 2. The summed E-state index contributed by atoms with van der Waals surface area (Å²) in [6, 6.07) is -0.297. The van der Waals surface area contributed by atoms with Crippen LogP contribution in [0, 0.1) is 0 Å². The Hall–Kier alpha value is -1.33. The van der Waals surface area contributed by atoms with Gasteiger partial charge in [-0.15, -0.1) is 0 Å². The quantitative estimate of drug-likeness (QED) is 0.663. The van der Waals surface area contributed by atoms with E-state index in [0.29, 0.717) is 0 Å². The summed E-state index contributed by atoms with van der Waals surface area (Å²) in [6.07, 6.45) is 6.73. The minimum atomic E-state index is -1.14. The van der Waals surface area contributed by atoms with Gasteiger partial charge < -0.3 is 14.8 Å². The molecule has 0 spiro atoms. The predicted molar refractivity (Wildman–Crippen MR) is 51.3 cm³/mol. The largest absolute Gasteiger partial charge is 0.341 e. The highest BCUT2D eigenvalue weighted by Crippen LogP contribution is 2.23. The van der Waals surface area contributed by atoms with E-state index >= 15 is 0 Å². The minimum Gasteiger partial charge on any atom is -0.341 e. The lowest BCUT2D eigenvalue weighted by Crippen LogP contribution is -2.53. The van der Waals surface area contributed by atoms with Crippen LogP contribution in [0.3, 0.4) is 0 Å². The van der Waals surface area contributed by atoms with Crippen LogP contribution in [-0.2, 0) is 9.47 Å². The number of carbonyl (C=O) groups excluding carboxylic acids is 1. The Morgan fingerprint density at radius 2 is 2.00 bits per heavy atom. The van der Waals surface area contributed by atoms with Crippen LogP contribution >= 0.6 is 0 Å². The summed E-state index contributed by atoms with van der Waals surface area (Å²) in [4.78, 5) is 12.8. The van der Waals surface area contributed by atoms with E-state index in [1.165, 1.54) is 19.1 Å². The van der Waals surface area contributed by atoms with Crippen LogP contribution in [0.15, 0.2) is 24.4 Å². The zero-order chi connectivity index (χ0) is 10.6. The summed E-state index contributed by atoms with van der Waals surface area (Å²) in [7, 11) is 4.50. The number of methoxy groups -OCH3 is 2. The molecule has 1 aliphatic heterocycles. The average molecular weight is 198 g/mol. The molecule has 5 heteroatoms. The van der Waals surface area contributed by atoms with Gasteiger partial charge in [0.15, 0.2) is 0 Å². The topological polar surface area (TPSA) is 50.8 Å². The van der Waals surface area contributed by atoms with Gasteiger partial charge in [0.1, 0.15) is 0 Å². The number of ether oxygens (including phenoxy) is 2. The molecule has 14 heavy (non-hydrogen) atoms. The second kappa shape index (κ2) is 4.26. The molecule has 0 fully saturated rings. The zero-order valence-corrected chi connectivity index (χ0v) is 8.48. The summed E-state index contributed by atoms with van der Waals surface area (Å²) in [5, 5.41) is 2.50. The van der Waals surface area contributed by atoms with Gasteiger partial charge in [-0.05, 0) is 12.2 Å². The first-order chi connectivity index (χ1) is 6.70. The van der Waals surface area contributed by atoms with E-state index in [0.717, 1.165) is 0 Å². The van der Waals surface area contributed by atoms with Crippen molar-refractivity contribution in [3.8, 4) is 0 Å². The van der Waals surface area contributed by atoms with E-state index in [9.17, 15) is 4.79 Å². The Morgan fingerprint density at radius 1 is 1.36 bits per heavy atom. The fraction of sp³-hybridized carbons (Fsp3) is 0.444. The molecular formula is C9H14N2O3. The summed E-state index contributed by atoms with van der Waals surface area (Å²) in [5.74, 6) is -1.14. The second-order valence-corrected chi connectivity index (χ2v) is 2.66. The predicted octanol–water partition coefficient (Wildman–Crippen LogP) is 0.658. The fourth-order valence-electron chi connectivity index (χ4n) is 1.24. The molecule has 0 atom stereocenters. The van der Waals surface area contributed by atoms with Crippen molar-refractivity contribution in [3.05, 3.63) is 24.4 Å². The molecule has 0 bridgehead atoms. The molecule has 78 valence electrons. The fourth-order valence-corrected chi connectivity index (χ4v) is 1.24. The number of nitrogens with zero attached hydrogens (tertiary/aromatic N) is 1. The van der Waals surface area contributed by atoms with Crippen molar-refractivity contribution >= 4 is 6.03 Å². The molecule has 0 aromatic carbocycles. The maximum atomic E-state index is 11.5. The van der Waals surface area contributed by atoms with Crippen LogP contribution in [0.1, 0.15) is 0 Å². The lowest BCUT2D eigenvalue weighted by atomic mass is 10.3. The standard InChI is InChI=1S/C9H14N2O3/c1-10-8(12)11-7-5-4-6-9(11,13-2)14-3/h4-7H,1-3H3,(H,10,12). The highest BCUT2D eigenvalue weighted by molar-refractivity contribution is 5.76. The van der Waals surface area contributed by atoms with Gasteiger partial charge in [-0.3, -0.25) is 0 Å². The van der Waals surface area contributed by atoms with Crippen molar-refractivity contribution in [1.82, 2.24) is 10.2 Å². The van der Waals surface area contributed by atoms with Gasteiger partial charge in [0.05, 0.1) is 0 Å². The van der Waals surface area contributed by atoms with Crippen LogP contribution in [-0.4, -0.2) is 38.1 Å². The molecule has 0 radical (unpaired) electrons. The molecule has 0 aromatic rings. The van der Waals surface area contributed by atoms with Crippen molar-refractivity contribution < 1.29 is 14.3 Å². The first-order valence-electron chi connectivity index (χ1n) is 4.17. The number of nitrogens with one attached hydrogen (secondary N) is 1. The summed E-state index contributed by atoms with van der Waals surface area (Å²) < 4.78 is 10.3. The van der Waals surface area contributed by atoms with Gasteiger partial charge in [0.2, 0.25) is 0 Å². The third kappa shape index (κ3) is 1.64. The first-order valence-corrected chi connectivity index (χ1v) is 4.17. The Labute approximate surface area is 83.0 Å². The highest BCUT2D eigenvalue weighted by Gasteiger charge is 2.37. The van der Waals surface area contributed by atoms with Crippen molar-refractivity contribution in [1.29, 1.82) is 0 Å². The molecule has 0 aromatic heterocycles. The molecular weight excluding hydrogens is 184 g/mol. The van der Waals surface area contributed by atoms with E-state index < -0.39 is 5.91 Å². The third-order valence-corrected chi connectivity index (χ3v) is 2.01. The molecule has 2 amide bonds. The van der Waals surface area contributed by atoms with Gasteiger partial charge in [0, 0.05) is 27.5 Å². The zero-order valence-electron chi connectivity index (χ0n) is 8.48. The number of amides is 2. The van der Waals surface area contributed by atoms with Crippen LogP contribution in [0.2, 0.25) is 0 Å². The maximum Gasteiger partial charge on any atom is 0.325 e.